The molecule has 0 saturated carbocycles. The van der Waals surface area contributed by atoms with E-state index in [1.807, 2.05) is 30.3 Å². The van der Waals surface area contributed by atoms with E-state index in [4.69, 9.17) is 4.74 Å². The number of nitrogens with one attached hydrogen (secondary N) is 2. The van der Waals surface area contributed by atoms with Gasteiger partial charge in [-0.3, -0.25) is 0 Å². The molecule has 6 nitrogen and oxygen atoms in total. The molecule has 2 fully saturated rings. The lowest BCUT2D eigenvalue weighted by atomic mass is 10.1. The summed E-state index contributed by atoms with van der Waals surface area (Å²) in [6.45, 7) is 12.6. The lowest BCUT2D eigenvalue weighted by Crippen LogP contribution is -3.19. The Morgan fingerprint density at radius 3 is 2.54 bits per heavy atom. The Morgan fingerprint density at radius 1 is 1.14 bits per heavy atom. The number of hydrogen-bond donors (Lipinski definition) is 2. The molecule has 0 aliphatic carbocycles. The number of ether oxygens (including phenoxy) is 1. The summed E-state index contributed by atoms with van der Waals surface area (Å²) in [6, 6.07) is 9.55. The molecule has 1 aromatic rings. The van der Waals surface area contributed by atoms with Gasteiger partial charge >= 0.3 is 0 Å². The number of quaternary nitrogens is 2. The van der Waals surface area contributed by atoms with Crippen LogP contribution in [0.15, 0.2) is 35.7 Å². The second-order valence-corrected chi connectivity index (χ2v) is 10.2. The summed E-state index contributed by atoms with van der Waals surface area (Å²) < 4.78 is 32.8. The third-order valence-electron chi connectivity index (χ3n) is 5.56. The first kappa shape index (κ1) is 21.5. The van der Waals surface area contributed by atoms with Crippen LogP contribution in [0.25, 0.3) is 6.08 Å². The summed E-state index contributed by atoms with van der Waals surface area (Å²) in [5, 5.41) is 1.34. The van der Waals surface area contributed by atoms with E-state index in [9.17, 15) is 8.42 Å². The summed E-state index contributed by atoms with van der Waals surface area (Å²) in [6.07, 6.45) is 1.97. The smallest absolute Gasteiger partial charge is 0.236 e. The first-order valence-electron chi connectivity index (χ1n) is 10.4. The Hall–Kier alpha value is -1.25. The van der Waals surface area contributed by atoms with Crippen LogP contribution in [0.3, 0.4) is 0 Å². The van der Waals surface area contributed by atoms with E-state index in [1.54, 1.807) is 15.3 Å². The number of benzene rings is 1. The van der Waals surface area contributed by atoms with E-state index >= 15 is 0 Å². The SMILES string of the molecule is CC(C)C[NH+]1CCO[C@@H](C[NH+]2CCN(S(=O)(=O)/C=C/c3ccccc3)CC2)C1. The van der Waals surface area contributed by atoms with E-state index in [2.05, 4.69) is 13.8 Å². The van der Waals surface area contributed by atoms with Crippen LogP contribution < -0.4 is 9.80 Å². The molecule has 2 N–H and O–H groups in total. The molecule has 1 unspecified atom stereocenters. The molecule has 2 atom stereocenters. The zero-order chi connectivity index (χ0) is 20.0. The molecule has 7 heteroatoms. The zero-order valence-corrected chi connectivity index (χ0v) is 18.0. The number of hydrogen-bond acceptors (Lipinski definition) is 3. The first-order valence-corrected chi connectivity index (χ1v) is 11.9. The molecule has 28 heavy (non-hydrogen) atoms. The van der Waals surface area contributed by atoms with Gasteiger partial charge in [-0.15, -0.1) is 0 Å². The van der Waals surface area contributed by atoms with E-state index < -0.39 is 10.0 Å². The normalized spacial score (nSPS) is 25.5. The van der Waals surface area contributed by atoms with Gasteiger partial charge < -0.3 is 14.5 Å². The lowest BCUT2D eigenvalue weighted by Gasteiger charge is -2.35. The van der Waals surface area contributed by atoms with Crippen LogP contribution in [-0.2, 0) is 14.8 Å². The fourth-order valence-electron chi connectivity index (χ4n) is 4.14. The van der Waals surface area contributed by atoms with Crippen LogP contribution >= 0.6 is 0 Å². The molecule has 2 heterocycles. The number of rotatable bonds is 7. The minimum Gasteiger partial charge on any atom is -0.361 e. The average molecular weight is 410 g/mol. The van der Waals surface area contributed by atoms with E-state index in [1.165, 1.54) is 16.9 Å². The van der Waals surface area contributed by atoms with Gasteiger partial charge in [0.05, 0.1) is 39.3 Å². The van der Waals surface area contributed by atoms with Gasteiger partial charge in [0.25, 0.3) is 0 Å². The van der Waals surface area contributed by atoms with Gasteiger partial charge in [0.15, 0.2) is 6.10 Å². The van der Waals surface area contributed by atoms with E-state index in [0.717, 1.165) is 44.9 Å². The molecule has 0 aromatic heterocycles. The van der Waals surface area contributed by atoms with Gasteiger partial charge in [-0.1, -0.05) is 44.2 Å². The van der Waals surface area contributed by atoms with Gasteiger partial charge in [0.2, 0.25) is 10.0 Å². The molecular weight excluding hydrogens is 374 g/mol. The predicted octanol–water partition coefficient (Wildman–Crippen LogP) is -0.873. The maximum absolute atomic E-state index is 12.6. The summed E-state index contributed by atoms with van der Waals surface area (Å²) in [5.41, 5.74) is 0.901. The van der Waals surface area contributed by atoms with Crippen molar-refractivity contribution in [1.29, 1.82) is 0 Å². The van der Waals surface area contributed by atoms with Crippen molar-refractivity contribution in [2.75, 3.05) is 59.0 Å². The van der Waals surface area contributed by atoms with Gasteiger partial charge in [0, 0.05) is 11.3 Å². The van der Waals surface area contributed by atoms with Crippen molar-refractivity contribution in [3.63, 3.8) is 0 Å². The fraction of sp³-hybridized carbons (Fsp3) is 0.619. The highest BCUT2D eigenvalue weighted by molar-refractivity contribution is 7.92. The number of sulfonamides is 1. The first-order chi connectivity index (χ1) is 13.4. The van der Waals surface area contributed by atoms with Crippen molar-refractivity contribution in [2.45, 2.75) is 20.0 Å². The van der Waals surface area contributed by atoms with Crippen LogP contribution in [-0.4, -0.2) is 77.8 Å². The highest BCUT2D eigenvalue weighted by atomic mass is 32.2. The standard InChI is InChI=1S/C21H33N3O3S/c1-19(2)16-23-13-14-27-21(18-23)17-22-9-11-24(12-10-22)28(25,26)15-8-20-6-4-3-5-7-20/h3-8,15,19,21H,9-14,16-18H2,1-2H3/p+2/b15-8+/t21-/m0/s1. The number of morpholine rings is 1. The molecule has 0 amide bonds. The van der Waals surface area contributed by atoms with E-state index in [-0.39, 0.29) is 0 Å². The van der Waals surface area contributed by atoms with Crippen molar-refractivity contribution in [3.05, 3.63) is 41.3 Å². The number of nitrogens with zero attached hydrogens (tertiary/aromatic N) is 1. The quantitative estimate of drug-likeness (QED) is 0.616. The lowest BCUT2D eigenvalue weighted by molar-refractivity contribution is -0.935. The molecule has 2 saturated heterocycles. The summed E-state index contributed by atoms with van der Waals surface area (Å²) in [7, 11) is -3.36. The number of piperazine rings is 1. The molecule has 0 spiro atoms. The molecule has 2 aliphatic heterocycles. The topological polar surface area (TPSA) is 55.5 Å². The zero-order valence-electron chi connectivity index (χ0n) is 17.1. The Morgan fingerprint density at radius 2 is 1.86 bits per heavy atom. The van der Waals surface area contributed by atoms with Crippen LogP contribution in [0, 0.1) is 5.92 Å². The van der Waals surface area contributed by atoms with Crippen LogP contribution in [0.2, 0.25) is 0 Å². The second kappa shape index (κ2) is 9.98. The Labute approximate surface area is 169 Å². The fourth-order valence-corrected chi connectivity index (χ4v) is 5.34. The predicted molar refractivity (Wildman–Crippen MR) is 112 cm³/mol. The third-order valence-corrected chi connectivity index (χ3v) is 7.13. The van der Waals surface area contributed by atoms with Gasteiger partial charge in [0.1, 0.15) is 19.6 Å². The highest BCUT2D eigenvalue weighted by Crippen LogP contribution is 2.08. The van der Waals surface area contributed by atoms with Crippen LogP contribution in [0.5, 0.6) is 0 Å². The molecular formula is C21H35N3O3S+2. The average Bonchev–Trinajstić information content (AvgIpc) is 2.67. The van der Waals surface area contributed by atoms with E-state index in [0.29, 0.717) is 25.1 Å². The maximum atomic E-state index is 12.6. The van der Waals surface area contributed by atoms with Crippen molar-refractivity contribution < 1.29 is 23.0 Å². The minimum absolute atomic E-state index is 0.290. The molecule has 0 bridgehead atoms. The monoisotopic (exact) mass is 409 g/mol. The molecule has 1 aromatic carbocycles. The van der Waals surface area contributed by atoms with Crippen molar-refractivity contribution in [2.24, 2.45) is 5.92 Å². The Balaban J connectivity index is 1.47. The minimum atomic E-state index is -3.36. The maximum Gasteiger partial charge on any atom is 0.236 e. The van der Waals surface area contributed by atoms with Crippen LogP contribution in [0.1, 0.15) is 19.4 Å². The Bertz CT molecular complexity index is 729. The summed E-state index contributed by atoms with van der Waals surface area (Å²) in [5.74, 6) is 0.707. The van der Waals surface area contributed by atoms with Crippen LogP contribution in [0.4, 0.5) is 0 Å². The Kier molecular flexibility index (Phi) is 7.65. The molecule has 3 rings (SSSR count). The van der Waals surface area contributed by atoms with Crippen molar-refractivity contribution in [1.82, 2.24) is 4.31 Å². The second-order valence-electron chi connectivity index (χ2n) is 8.41. The van der Waals surface area contributed by atoms with Crippen molar-refractivity contribution >= 4 is 16.1 Å². The largest absolute Gasteiger partial charge is 0.361 e. The van der Waals surface area contributed by atoms with Gasteiger partial charge in [-0.25, -0.2) is 8.42 Å². The van der Waals surface area contributed by atoms with Gasteiger partial charge in [-0.2, -0.15) is 4.31 Å². The third kappa shape index (κ3) is 6.39. The van der Waals surface area contributed by atoms with Crippen molar-refractivity contribution in [3.8, 4) is 0 Å². The summed E-state index contributed by atoms with van der Waals surface area (Å²) >= 11 is 0. The van der Waals surface area contributed by atoms with Gasteiger partial charge in [-0.05, 0) is 11.6 Å². The molecule has 2 aliphatic rings. The summed E-state index contributed by atoms with van der Waals surface area (Å²) in [4.78, 5) is 3.09. The highest BCUT2D eigenvalue weighted by Gasteiger charge is 2.32. The molecule has 0 radical (unpaired) electrons. The molecule has 156 valence electrons.